The first-order valence-electron chi connectivity index (χ1n) is 21.2. The molecule has 0 saturated carbocycles. The molecule has 9 rings (SSSR count). The summed E-state index contributed by atoms with van der Waals surface area (Å²) >= 11 is 0. The Morgan fingerprint density at radius 2 is 0.631 bits per heavy atom. The molecule has 6 aromatic heterocycles. The third-order valence-corrected chi connectivity index (χ3v) is 10.0. The molecule has 0 radical (unpaired) electrons. The lowest BCUT2D eigenvalue weighted by molar-refractivity contribution is 0.00519. The summed E-state index contributed by atoms with van der Waals surface area (Å²) in [7, 11) is 0. The molecule has 0 atom stereocenters. The first-order chi connectivity index (χ1) is 32.2. The maximum absolute atomic E-state index is 6.46. The normalized spacial score (nSPS) is 13.2. The highest BCUT2D eigenvalue weighted by Gasteiger charge is 2.16. The lowest BCUT2D eigenvalue weighted by Gasteiger charge is -2.16. The zero-order chi connectivity index (χ0) is 43.9. The van der Waals surface area contributed by atoms with Crippen LogP contribution < -0.4 is 9.47 Å². The molecule has 11 heteroatoms. The standard InChI is InChI=1S/C54H42N6O5/c1-5-21-55-45(9-1)49-33-41(34-50(59-49)46-10-2-6-22-56-46)15-13-39-17-19-43-44-20-18-40(38-54(44)65-32-30-63-28-26-61-25-27-62-29-31-64-53(43)37-39)14-16-42-35-51(47-11-3-7-23-57-47)60-52(36-42)48-12-4-8-24-58-48/h1-12,17-24,33-38H,25-32H2. The number of rotatable bonds is 4. The molecule has 0 amide bonds. The maximum Gasteiger partial charge on any atom is 0.128 e. The van der Waals surface area contributed by atoms with Crippen molar-refractivity contribution in [3.05, 3.63) is 181 Å². The van der Waals surface area contributed by atoms with Gasteiger partial charge in [0.15, 0.2) is 0 Å². The van der Waals surface area contributed by atoms with Crippen molar-refractivity contribution in [2.45, 2.75) is 0 Å². The number of ether oxygens (including phenoxy) is 5. The van der Waals surface area contributed by atoms with Gasteiger partial charge in [0.2, 0.25) is 0 Å². The van der Waals surface area contributed by atoms with E-state index in [4.69, 9.17) is 33.7 Å². The van der Waals surface area contributed by atoms with E-state index in [0.717, 1.165) is 56.2 Å². The minimum Gasteiger partial charge on any atom is -0.490 e. The zero-order valence-corrected chi connectivity index (χ0v) is 35.4. The van der Waals surface area contributed by atoms with Crippen molar-refractivity contribution in [2.24, 2.45) is 0 Å². The van der Waals surface area contributed by atoms with Crippen LogP contribution in [0.1, 0.15) is 22.3 Å². The van der Waals surface area contributed by atoms with E-state index in [0.29, 0.717) is 87.1 Å². The Morgan fingerprint density at radius 3 is 0.954 bits per heavy atom. The van der Waals surface area contributed by atoms with Gasteiger partial charge in [-0.25, -0.2) is 9.97 Å². The van der Waals surface area contributed by atoms with Gasteiger partial charge >= 0.3 is 0 Å². The van der Waals surface area contributed by atoms with Crippen LogP contribution >= 0.6 is 0 Å². The third kappa shape index (κ3) is 11.3. The fourth-order valence-electron chi connectivity index (χ4n) is 6.92. The molecule has 11 nitrogen and oxygen atoms in total. The molecule has 0 spiro atoms. The van der Waals surface area contributed by atoms with Gasteiger partial charge in [0.25, 0.3) is 0 Å². The molecule has 1 aliphatic rings. The van der Waals surface area contributed by atoms with Crippen LogP contribution in [0.5, 0.6) is 11.5 Å². The van der Waals surface area contributed by atoms with Gasteiger partial charge in [0.05, 0.1) is 85.2 Å². The summed E-state index contributed by atoms with van der Waals surface area (Å²) in [6.45, 7) is 3.16. The van der Waals surface area contributed by atoms with E-state index in [1.54, 1.807) is 24.8 Å². The molecule has 0 unspecified atom stereocenters. The number of hydrogen-bond donors (Lipinski definition) is 0. The smallest absolute Gasteiger partial charge is 0.128 e. The van der Waals surface area contributed by atoms with Crippen LogP contribution in [0.2, 0.25) is 0 Å². The molecule has 7 heterocycles. The number of aromatic nitrogens is 6. The topological polar surface area (TPSA) is 123 Å². The number of nitrogens with zero attached hydrogens (tertiary/aromatic N) is 6. The molecule has 0 N–H and O–H groups in total. The Morgan fingerprint density at radius 1 is 0.308 bits per heavy atom. The zero-order valence-electron chi connectivity index (χ0n) is 35.4. The Balaban J connectivity index is 1.07. The van der Waals surface area contributed by atoms with Crippen LogP contribution in [0.4, 0.5) is 0 Å². The Kier molecular flexibility index (Phi) is 13.9. The maximum atomic E-state index is 6.46. The molecular weight excluding hydrogens is 813 g/mol. The predicted molar refractivity (Wildman–Crippen MR) is 249 cm³/mol. The second-order valence-corrected chi connectivity index (χ2v) is 14.6. The fraction of sp³-hybridized carbons (Fsp3) is 0.148. The summed E-state index contributed by atoms with van der Waals surface area (Å²) in [4.78, 5) is 27.9. The number of pyridine rings is 6. The van der Waals surface area contributed by atoms with Gasteiger partial charge in [-0.3, -0.25) is 19.9 Å². The van der Waals surface area contributed by atoms with Crippen molar-refractivity contribution in [3.63, 3.8) is 0 Å². The quantitative estimate of drug-likeness (QED) is 0.158. The average molecular weight is 855 g/mol. The summed E-state index contributed by atoms with van der Waals surface area (Å²) in [6.07, 6.45) is 7.00. The molecule has 0 bridgehead atoms. The largest absolute Gasteiger partial charge is 0.490 e. The minimum atomic E-state index is 0.310. The second kappa shape index (κ2) is 21.3. The monoisotopic (exact) mass is 854 g/mol. The van der Waals surface area contributed by atoms with Gasteiger partial charge in [-0.1, -0.05) is 47.9 Å². The predicted octanol–water partition coefficient (Wildman–Crippen LogP) is 9.01. The van der Waals surface area contributed by atoms with E-state index in [1.807, 2.05) is 133 Å². The summed E-state index contributed by atoms with van der Waals surface area (Å²) in [5, 5.41) is 0. The highest BCUT2D eigenvalue weighted by Crippen LogP contribution is 2.38. The van der Waals surface area contributed by atoms with E-state index < -0.39 is 0 Å². The number of benzene rings is 2. The van der Waals surface area contributed by atoms with Crippen LogP contribution in [0, 0.1) is 23.7 Å². The van der Waals surface area contributed by atoms with Gasteiger partial charge in [-0.2, -0.15) is 0 Å². The van der Waals surface area contributed by atoms with Crippen LogP contribution in [0.25, 0.3) is 56.7 Å². The number of hydrogen-bond acceptors (Lipinski definition) is 11. The summed E-state index contributed by atoms with van der Waals surface area (Å²) in [6, 6.07) is 42.6. The van der Waals surface area contributed by atoms with Gasteiger partial charge < -0.3 is 23.7 Å². The lowest BCUT2D eigenvalue weighted by Crippen LogP contribution is -2.14. The van der Waals surface area contributed by atoms with Crippen LogP contribution in [-0.4, -0.2) is 82.8 Å². The first-order valence-corrected chi connectivity index (χ1v) is 21.2. The van der Waals surface area contributed by atoms with Gasteiger partial charge in [0, 0.05) is 58.2 Å². The molecule has 0 fully saturated rings. The van der Waals surface area contributed by atoms with Crippen molar-refractivity contribution in [1.29, 1.82) is 0 Å². The fourth-order valence-corrected chi connectivity index (χ4v) is 6.92. The van der Waals surface area contributed by atoms with Gasteiger partial charge in [-0.05, 0) is 109 Å². The van der Waals surface area contributed by atoms with Crippen LogP contribution in [0.3, 0.4) is 0 Å². The van der Waals surface area contributed by atoms with Crippen molar-refractivity contribution in [2.75, 3.05) is 52.9 Å². The number of fused-ring (bicyclic) bond motifs is 3. The minimum absolute atomic E-state index is 0.310. The molecule has 1 aliphatic heterocycles. The highest BCUT2D eigenvalue weighted by atomic mass is 16.6. The third-order valence-electron chi connectivity index (χ3n) is 10.0. The van der Waals surface area contributed by atoms with E-state index in [9.17, 15) is 0 Å². The van der Waals surface area contributed by atoms with Crippen molar-refractivity contribution in [3.8, 4) is 91.9 Å². The summed E-state index contributed by atoms with van der Waals surface area (Å²) < 4.78 is 30.3. The Labute approximate surface area is 377 Å². The molecule has 2 aromatic carbocycles. The SMILES string of the molecule is C(#Cc1ccc2c(c1)OCCOCCOCCOCCOc1cc(C#Cc3cc(-c4ccccn4)nc(-c4ccccn4)c3)ccc1-2)c1cc(-c2ccccn2)nc(-c2ccccn2)c1. The summed E-state index contributed by atoms with van der Waals surface area (Å²) in [5.41, 5.74) is 10.5. The molecular formula is C54H42N6O5. The Bertz CT molecular complexity index is 2670. The van der Waals surface area contributed by atoms with Crippen molar-refractivity contribution >= 4 is 0 Å². The van der Waals surface area contributed by atoms with E-state index in [2.05, 4.69) is 43.6 Å². The highest BCUT2D eigenvalue weighted by molar-refractivity contribution is 5.78. The van der Waals surface area contributed by atoms with Crippen LogP contribution in [-0.2, 0) is 14.2 Å². The molecule has 8 aromatic rings. The second-order valence-electron chi connectivity index (χ2n) is 14.6. The molecule has 0 aliphatic carbocycles. The van der Waals surface area contributed by atoms with E-state index in [-0.39, 0.29) is 0 Å². The van der Waals surface area contributed by atoms with Crippen LogP contribution in [0.15, 0.2) is 158 Å². The molecule has 318 valence electrons. The van der Waals surface area contributed by atoms with E-state index in [1.165, 1.54) is 0 Å². The summed E-state index contributed by atoms with van der Waals surface area (Å²) in [5.74, 6) is 14.7. The average Bonchev–Trinajstić information content (AvgIpc) is 3.37. The molecule has 65 heavy (non-hydrogen) atoms. The lowest BCUT2D eigenvalue weighted by atomic mass is 9.99. The van der Waals surface area contributed by atoms with E-state index >= 15 is 0 Å². The van der Waals surface area contributed by atoms with Crippen molar-refractivity contribution < 1.29 is 23.7 Å². The van der Waals surface area contributed by atoms with Crippen molar-refractivity contribution in [1.82, 2.24) is 29.9 Å². The van der Waals surface area contributed by atoms with Gasteiger partial charge in [-0.15, -0.1) is 0 Å². The molecule has 0 saturated heterocycles. The van der Waals surface area contributed by atoms with Gasteiger partial charge in [0.1, 0.15) is 24.7 Å². The first kappa shape index (κ1) is 42.3. The Hall–Kier alpha value is -8.06.